The molecular weight excluding hydrogens is 240 g/mol. The molecule has 0 unspecified atom stereocenters. The molecule has 5 heteroatoms. The number of hydrogen-bond donors (Lipinski definition) is 1. The van der Waals surface area contributed by atoms with Gasteiger partial charge in [0.1, 0.15) is 5.60 Å². The third-order valence-corrected chi connectivity index (χ3v) is 1.95. The van der Waals surface area contributed by atoms with Crippen molar-refractivity contribution in [1.29, 1.82) is 0 Å². The Balaban J connectivity index is 2.83. The lowest BCUT2D eigenvalue weighted by Crippen LogP contribution is -2.27. The first-order valence-electron chi connectivity index (χ1n) is 4.99. The predicted molar refractivity (Wildman–Crippen MR) is 67.6 cm³/mol. The molecule has 1 aromatic rings. The molecule has 1 amide bonds. The van der Waals surface area contributed by atoms with Crippen LogP contribution >= 0.6 is 11.6 Å². The van der Waals surface area contributed by atoms with E-state index in [1.807, 2.05) is 0 Å². The number of hydrogen-bond acceptors (Lipinski definition) is 2. The molecule has 17 heavy (non-hydrogen) atoms. The van der Waals surface area contributed by atoms with E-state index >= 15 is 0 Å². The number of nitrogens with one attached hydrogen (secondary N) is 1. The fourth-order valence-electron chi connectivity index (χ4n) is 1.12. The van der Waals surface area contributed by atoms with Gasteiger partial charge in [-0.25, -0.2) is 9.64 Å². The number of ether oxygens (including phenoxy) is 1. The summed E-state index contributed by atoms with van der Waals surface area (Å²) < 4.78 is 5.09. The van der Waals surface area contributed by atoms with Gasteiger partial charge in [0, 0.05) is 10.7 Å². The first-order chi connectivity index (χ1) is 7.81. The van der Waals surface area contributed by atoms with Gasteiger partial charge in [-0.15, -0.1) is 0 Å². The maximum atomic E-state index is 11.5. The molecule has 0 fully saturated rings. The molecule has 4 nitrogen and oxygen atoms in total. The van der Waals surface area contributed by atoms with Gasteiger partial charge in [0.15, 0.2) is 0 Å². The summed E-state index contributed by atoms with van der Waals surface area (Å²) in [5.41, 5.74) is 0.0939. The molecule has 0 aromatic heterocycles. The average molecular weight is 253 g/mol. The molecular formula is C12H13ClN2O2. The molecule has 0 bridgehead atoms. The third-order valence-electron chi connectivity index (χ3n) is 1.72. The van der Waals surface area contributed by atoms with Crippen molar-refractivity contribution in [2.75, 3.05) is 5.32 Å². The van der Waals surface area contributed by atoms with Crippen LogP contribution in [0.3, 0.4) is 0 Å². The molecule has 0 aliphatic carbocycles. The van der Waals surface area contributed by atoms with Crippen LogP contribution in [0.25, 0.3) is 4.85 Å². The lowest BCUT2D eigenvalue weighted by molar-refractivity contribution is 0.0636. The van der Waals surface area contributed by atoms with Crippen molar-refractivity contribution in [2.45, 2.75) is 26.4 Å². The number of anilines is 1. The quantitative estimate of drug-likeness (QED) is 0.760. The van der Waals surface area contributed by atoms with Crippen molar-refractivity contribution in [2.24, 2.45) is 0 Å². The molecule has 1 rings (SSSR count). The van der Waals surface area contributed by atoms with E-state index in [2.05, 4.69) is 10.2 Å². The van der Waals surface area contributed by atoms with Crippen LogP contribution in [0.2, 0.25) is 5.02 Å². The highest BCUT2D eigenvalue weighted by molar-refractivity contribution is 6.31. The zero-order chi connectivity index (χ0) is 13.1. The smallest absolute Gasteiger partial charge is 0.411 e. The Kier molecular flexibility index (Phi) is 3.97. The van der Waals surface area contributed by atoms with Gasteiger partial charge in [0.25, 0.3) is 0 Å². The van der Waals surface area contributed by atoms with Crippen LogP contribution in [0.5, 0.6) is 0 Å². The number of nitrogens with zero attached hydrogens (tertiary/aromatic N) is 1. The number of carbonyl (C=O) groups excluding carboxylic acids is 1. The molecule has 0 atom stereocenters. The van der Waals surface area contributed by atoms with E-state index in [-0.39, 0.29) is 5.69 Å². The summed E-state index contributed by atoms with van der Waals surface area (Å²) >= 11 is 5.75. The van der Waals surface area contributed by atoms with Crippen LogP contribution < -0.4 is 5.32 Å². The standard InChI is InChI=1S/C12H13ClN2O2/c1-12(2,3)17-11(16)15-9-6-5-8(13)7-10(9)14-4/h5-7H,1-3H3,(H,15,16). The van der Waals surface area contributed by atoms with Crippen molar-refractivity contribution in [3.63, 3.8) is 0 Å². The largest absolute Gasteiger partial charge is 0.444 e. The molecule has 0 spiro atoms. The SMILES string of the molecule is [C-]#[N+]c1cc(Cl)ccc1NC(=O)OC(C)(C)C. The lowest BCUT2D eigenvalue weighted by atomic mass is 10.2. The van der Waals surface area contributed by atoms with Crippen LogP contribution in [0, 0.1) is 6.57 Å². The van der Waals surface area contributed by atoms with Crippen molar-refractivity contribution in [3.8, 4) is 0 Å². The van der Waals surface area contributed by atoms with Gasteiger partial charge in [-0.2, -0.15) is 0 Å². The minimum Gasteiger partial charge on any atom is -0.444 e. The highest BCUT2D eigenvalue weighted by Gasteiger charge is 2.17. The lowest BCUT2D eigenvalue weighted by Gasteiger charge is -2.20. The fourth-order valence-corrected chi connectivity index (χ4v) is 1.28. The Morgan fingerprint density at radius 1 is 1.47 bits per heavy atom. The van der Waals surface area contributed by atoms with Gasteiger partial charge in [0.2, 0.25) is 5.69 Å². The molecule has 90 valence electrons. The van der Waals surface area contributed by atoms with E-state index in [9.17, 15) is 4.79 Å². The second kappa shape index (κ2) is 5.07. The Labute approximate surface area is 105 Å². The number of amides is 1. The van der Waals surface area contributed by atoms with E-state index in [1.54, 1.807) is 32.9 Å². The molecule has 1 N–H and O–H groups in total. The van der Waals surface area contributed by atoms with Crippen LogP contribution in [0.4, 0.5) is 16.2 Å². The first kappa shape index (κ1) is 13.3. The number of carbonyl (C=O) groups is 1. The minimum absolute atomic E-state index is 0.281. The fraction of sp³-hybridized carbons (Fsp3) is 0.333. The van der Waals surface area contributed by atoms with Gasteiger partial charge in [-0.1, -0.05) is 11.6 Å². The number of rotatable bonds is 1. The zero-order valence-corrected chi connectivity index (χ0v) is 10.6. The minimum atomic E-state index is -0.593. The molecule has 0 radical (unpaired) electrons. The maximum Gasteiger partial charge on any atom is 0.411 e. The molecule has 0 saturated heterocycles. The predicted octanol–water partition coefficient (Wildman–Crippen LogP) is 4.24. The highest BCUT2D eigenvalue weighted by Crippen LogP contribution is 2.28. The van der Waals surface area contributed by atoms with Gasteiger partial charge < -0.3 is 10.1 Å². The van der Waals surface area contributed by atoms with Gasteiger partial charge >= 0.3 is 6.09 Å². The van der Waals surface area contributed by atoms with E-state index in [0.717, 1.165) is 0 Å². The Morgan fingerprint density at radius 3 is 2.65 bits per heavy atom. The summed E-state index contributed by atoms with van der Waals surface area (Å²) in [7, 11) is 0. The maximum absolute atomic E-state index is 11.5. The van der Waals surface area contributed by atoms with Crippen molar-refractivity contribution in [3.05, 3.63) is 34.6 Å². The van der Waals surface area contributed by atoms with Crippen LogP contribution in [-0.4, -0.2) is 11.7 Å². The summed E-state index contributed by atoms with van der Waals surface area (Å²) in [6.07, 6.45) is -0.593. The van der Waals surface area contributed by atoms with Gasteiger partial charge in [0.05, 0.1) is 6.57 Å². The summed E-state index contributed by atoms with van der Waals surface area (Å²) in [5.74, 6) is 0. The second-order valence-corrected chi connectivity index (χ2v) is 4.84. The second-order valence-electron chi connectivity index (χ2n) is 4.40. The van der Waals surface area contributed by atoms with E-state index in [1.165, 1.54) is 6.07 Å². The summed E-state index contributed by atoms with van der Waals surface area (Å²) in [6, 6.07) is 4.66. The summed E-state index contributed by atoms with van der Waals surface area (Å²) in [5, 5.41) is 2.96. The highest BCUT2D eigenvalue weighted by atomic mass is 35.5. The number of halogens is 1. The summed E-state index contributed by atoms with van der Waals surface area (Å²) in [4.78, 5) is 14.8. The van der Waals surface area contributed by atoms with E-state index in [0.29, 0.717) is 10.7 Å². The van der Waals surface area contributed by atoms with E-state index in [4.69, 9.17) is 22.9 Å². The van der Waals surface area contributed by atoms with Crippen LogP contribution in [0.1, 0.15) is 20.8 Å². The molecule has 0 heterocycles. The monoisotopic (exact) mass is 252 g/mol. The van der Waals surface area contributed by atoms with Crippen molar-refractivity contribution < 1.29 is 9.53 Å². The Morgan fingerprint density at radius 2 is 2.12 bits per heavy atom. The van der Waals surface area contributed by atoms with Crippen molar-refractivity contribution in [1.82, 2.24) is 0 Å². The van der Waals surface area contributed by atoms with Crippen LogP contribution in [-0.2, 0) is 4.74 Å². The Hall–Kier alpha value is -1.73. The molecule has 0 aliphatic heterocycles. The zero-order valence-electron chi connectivity index (χ0n) is 9.87. The Bertz CT molecular complexity index is 472. The summed E-state index contributed by atoms with van der Waals surface area (Å²) in [6.45, 7) is 12.3. The normalized spacial score (nSPS) is 10.5. The molecule has 1 aromatic carbocycles. The topological polar surface area (TPSA) is 42.7 Å². The average Bonchev–Trinajstić information content (AvgIpc) is 2.17. The van der Waals surface area contributed by atoms with Gasteiger partial charge in [-0.05, 0) is 39.0 Å². The third kappa shape index (κ3) is 4.33. The van der Waals surface area contributed by atoms with Crippen LogP contribution in [0.15, 0.2) is 18.2 Å². The van der Waals surface area contributed by atoms with Crippen molar-refractivity contribution >= 4 is 29.1 Å². The first-order valence-corrected chi connectivity index (χ1v) is 5.36. The number of benzene rings is 1. The van der Waals surface area contributed by atoms with Gasteiger partial charge in [-0.3, -0.25) is 0 Å². The molecule has 0 saturated carbocycles. The van der Waals surface area contributed by atoms with E-state index < -0.39 is 11.7 Å². The molecule has 0 aliphatic rings.